The summed E-state index contributed by atoms with van der Waals surface area (Å²) in [5, 5.41) is 4.35. The minimum Gasteiger partial charge on any atom is -0.310 e. The largest absolute Gasteiger partial charge is 0.310 e. The number of aryl methyl sites for hydroxylation is 1. The van der Waals surface area contributed by atoms with Crippen molar-refractivity contribution in [2.75, 3.05) is 6.54 Å². The number of nitrogens with one attached hydrogen (secondary N) is 1. The van der Waals surface area contributed by atoms with Gasteiger partial charge in [-0.05, 0) is 43.1 Å². The molecule has 0 aliphatic carbocycles. The topological polar surface area (TPSA) is 12.0 Å². The third-order valence-corrected chi connectivity index (χ3v) is 3.50. The fraction of sp³-hybridized carbons (Fsp3) is 0.294. The van der Waals surface area contributed by atoms with E-state index < -0.39 is 0 Å². The molecule has 19 heavy (non-hydrogen) atoms. The molecule has 0 spiro atoms. The molecule has 0 radical (unpaired) electrons. The summed E-state index contributed by atoms with van der Waals surface area (Å²) in [6, 6.07) is 17.2. The van der Waals surface area contributed by atoms with Gasteiger partial charge in [0.25, 0.3) is 0 Å². The summed E-state index contributed by atoms with van der Waals surface area (Å²) in [6.45, 7) is 5.24. The summed E-state index contributed by atoms with van der Waals surface area (Å²) in [7, 11) is 0. The molecular weight excluding hydrogens is 254 g/mol. The molecule has 2 aromatic carbocycles. The van der Waals surface area contributed by atoms with Gasteiger partial charge in [0.15, 0.2) is 0 Å². The summed E-state index contributed by atoms with van der Waals surface area (Å²) in [5.74, 6) is 0. The monoisotopic (exact) mass is 273 g/mol. The average molecular weight is 274 g/mol. The number of rotatable bonds is 5. The van der Waals surface area contributed by atoms with Gasteiger partial charge in [-0.25, -0.2) is 0 Å². The molecule has 2 rings (SSSR count). The van der Waals surface area contributed by atoms with E-state index in [-0.39, 0.29) is 0 Å². The summed E-state index contributed by atoms with van der Waals surface area (Å²) < 4.78 is 0. The highest BCUT2D eigenvalue weighted by Gasteiger charge is 2.11. The van der Waals surface area contributed by atoms with Gasteiger partial charge in [0, 0.05) is 11.1 Å². The van der Waals surface area contributed by atoms with E-state index in [2.05, 4.69) is 55.6 Å². The van der Waals surface area contributed by atoms with Crippen LogP contribution in [0, 0.1) is 6.92 Å². The second-order valence-corrected chi connectivity index (χ2v) is 5.29. The lowest BCUT2D eigenvalue weighted by Crippen LogP contribution is -2.23. The second-order valence-electron chi connectivity index (χ2n) is 4.85. The van der Waals surface area contributed by atoms with Crippen molar-refractivity contribution in [3.63, 3.8) is 0 Å². The lowest BCUT2D eigenvalue weighted by molar-refractivity contribution is 0.549. The maximum Gasteiger partial charge on any atom is 0.0406 e. The zero-order chi connectivity index (χ0) is 13.7. The average Bonchev–Trinajstić information content (AvgIpc) is 2.41. The van der Waals surface area contributed by atoms with E-state index in [9.17, 15) is 0 Å². The highest BCUT2D eigenvalue weighted by atomic mass is 35.5. The lowest BCUT2D eigenvalue weighted by Gasteiger charge is -2.19. The van der Waals surface area contributed by atoms with Crippen molar-refractivity contribution in [2.24, 2.45) is 0 Å². The van der Waals surface area contributed by atoms with Gasteiger partial charge in [-0.15, -0.1) is 0 Å². The van der Waals surface area contributed by atoms with Gasteiger partial charge in [-0.1, -0.05) is 60.5 Å². The van der Waals surface area contributed by atoms with Crippen LogP contribution in [0.3, 0.4) is 0 Å². The lowest BCUT2D eigenvalue weighted by atomic mass is 9.97. The Morgan fingerprint density at radius 2 is 1.84 bits per heavy atom. The van der Waals surface area contributed by atoms with Crippen LogP contribution in [0.5, 0.6) is 0 Å². The number of hydrogen-bond donors (Lipinski definition) is 1. The minimum atomic E-state index is 0.353. The predicted molar refractivity (Wildman–Crippen MR) is 82.8 cm³/mol. The van der Waals surface area contributed by atoms with Crippen LogP contribution in [-0.4, -0.2) is 6.54 Å². The van der Waals surface area contributed by atoms with Gasteiger partial charge in [0.2, 0.25) is 0 Å². The maximum atomic E-state index is 5.93. The SMILES string of the molecule is CCNC(Cc1ccc(Cl)cc1)c1cccc(C)c1. The molecule has 2 heteroatoms. The first-order valence-corrected chi connectivity index (χ1v) is 7.11. The van der Waals surface area contributed by atoms with Crippen LogP contribution in [0.25, 0.3) is 0 Å². The number of hydrogen-bond acceptors (Lipinski definition) is 1. The zero-order valence-corrected chi connectivity index (χ0v) is 12.2. The number of benzene rings is 2. The molecule has 0 bridgehead atoms. The van der Waals surface area contributed by atoms with Crippen molar-refractivity contribution in [3.05, 3.63) is 70.2 Å². The highest BCUT2D eigenvalue weighted by Crippen LogP contribution is 2.20. The van der Waals surface area contributed by atoms with Crippen molar-refractivity contribution in [3.8, 4) is 0 Å². The Kier molecular flexibility index (Phi) is 5.00. The molecular formula is C17H20ClN. The Morgan fingerprint density at radius 3 is 2.47 bits per heavy atom. The van der Waals surface area contributed by atoms with E-state index in [1.165, 1.54) is 16.7 Å². The predicted octanol–water partition coefficient (Wildman–Crippen LogP) is 4.54. The summed E-state index contributed by atoms with van der Waals surface area (Å²) in [4.78, 5) is 0. The summed E-state index contributed by atoms with van der Waals surface area (Å²) in [5.41, 5.74) is 3.95. The molecule has 0 aliphatic heterocycles. The molecule has 1 unspecified atom stereocenters. The molecule has 0 aromatic heterocycles. The first kappa shape index (κ1) is 14.1. The summed E-state index contributed by atoms with van der Waals surface area (Å²) >= 11 is 5.93. The smallest absolute Gasteiger partial charge is 0.0406 e. The molecule has 0 amide bonds. The molecule has 1 nitrogen and oxygen atoms in total. The van der Waals surface area contributed by atoms with E-state index in [0.29, 0.717) is 6.04 Å². The number of halogens is 1. The fourth-order valence-corrected chi connectivity index (χ4v) is 2.42. The van der Waals surface area contributed by atoms with Gasteiger partial charge >= 0.3 is 0 Å². The molecule has 1 N–H and O–H groups in total. The van der Waals surface area contributed by atoms with Crippen molar-refractivity contribution < 1.29 is 0 Å². The van der Waals surface area contributed by atoms with Crippen molar-refractivity contribution in [1.82, 2.24) is 5.32 Å². The van der Waals surface area contributed by atoms with Gasteiger partial charge < -0.3 is 5.32 Å². The van der Waals surface area contributed by atoms with Crippen LogP contribution in [0.4, 0.5) is 0 Å². The maximum absolute atomic E-state index is 5.93. The second kappa shape index (κ2) is 6.74. The molecule has 100 valence electrons. The Morgan fingerprint density at radius 1 is 1.11 bits per heavy atom. The van der Waals surface area contributed by atoms with E-state index in [1.807, 2.05) is 12.1 Å². The molecule has 1 atom stereocenters. The highest BCUT2D eigenvalue weighted by molar-refractivity contribution is 6.30. The fourth-order valence-electron chi connectivity index (χ4n) is 2.30. The van der Waals surface area contributed by atoms with Gasteiger partial charge in [0.1, 0.15) is 0 Å². The molecule has 0 aliphatic rings. The molecule has 0 fully saturated rings. The van der Waals surface area contributed by atoms with Gasteiger partial charge in [-0.3, -0.25) is 0 Å². The van der Waals surface area contributed by atoms with Crippen LogP contribution in [0.15, 0.2) is 48.5 Å². The summed E-state index contributed by atoms with van der Waals surface area (Å²) in [6.07, 6.45) is 0.981. The van der Waals surface area contributed by atoms with Crippen molar-refractivity contribution >= 4 is 11.6 Å². The standard InChI is InChI=1S/C17H20ClN/c1-3-19-17(15-6-4-5-13(2)11-15)12-14-7-9-16(18)10-8-14/h4-11,17,19H,3,12H2,1-2H3. The van der Waals surface area contributed by atoms with E-state index >= 15 is 0 Å². The number of likely N-dealkylation sites (N-methyl/N-ethyl adjacent to an activating group) is 1. The Labute approximate surface area is 120 Å². The normalized spacial score (nSPS) is 12.4. The van der Waals surface area contributed by atoms with Crippen molar-refractivity contribution in [2.45, 2.75) is 26.3 Å². The first-order valence-electron chi connectivity index (χ1n) is 6.73. The molecule has 0 saturated heterocycles. The van der Waals surface area contributed by atoms with E-state index in [4.69, 9.17) is 11.6 Å². The van der Waals surface area contributed by atoms with Crippen LogP contribution >= 0.6 is 11.6 Å². The van der Waals surface area contributed by atoms with Crippen LogP contribution in [-0.2, 0) is 6.42 Å². The van der Waals surface area contributed by atoms with Gasteiger partial charge in [-0.2, -0.15) is 0 Å². The van der Waals surface area contributed by atoms with Gasteiger partial charge in [0.05, 0.1) is 0 Å². The van der Waals surface area contributed by atoms with Crippen LogP contribution in [0.2, 0.25) is 5.02 Å². The van der Waals surface area contributed by atoms with Crippen LogP contribution < -0.4 is 5.32 Å². The molecule has 2 aromatic rings. The van der Waals surface area contributed by atoms with Crippen LogP contribution in [0.1, 0.15) is 29.7 Å². The third-order valence-electron chi connectivity index (χ3n) is 3.25. The zero-order valence-electron chi connectivity index (χ0n) is 11.5. The van der Waals surface area contributed by atoms with E-state index in [1.54, 1.807) is 0 Å². The molecule has 0 saturated carbocycles. The molecule has 0 heterocycles. The first-order chi connectivity index (χ1) is 9.19. The van der Waals surface area contributed by atoms with E-state index in [0.717, 1.165) is 18.0 Å². The Balaban J connectivity index is 2.18. The quantitative estimate of drug-likeness (QED) is 0.843. The minimum absolute atomic E-state index is 0.353. The Bertz CT molecular complexity index is 519. The third kappa shape index (κ3) is 4.09. The van der Waals surface area contributed by atoms with Crippen molar-refractivity contribution in [1.29, 1.82) is 0 Å². The Hall–Kier alpha value is -1.31.